The van der Waals surface area contributed by atoms with Crippen molar-refractivity contribution >= 4 is 34.0 Å². The first-order chi connectivity index (χ1) is 3.00. The third-order valence-electron chi connectivity index (χ3n) is 1.50. The van der Waals surface area contributed by atoms with E-state index in [1.807, 2.05) is 0 Å². The van der Waals surface area contributed by atoms with Crippen LogP contribution in [0.25, 0.3) is 0 Å². The summed E-state index contributed by atoms with van der Waals surface area (Å²) < 4.78 is 0. The van der Waals surface area contributed by atoms with Crippen LogP contribution in [0.4, 0.5) is 0 Å². The van der Waals surface area contributed by atoms with Gasteiger partial charge in [0.15, 0.2) is 0 Å². The second kappa shape index (κ2) is 7.96. The summed E-state index contributed by atoms with van der Waals surface area (Å²) in [6, 6.07) is 0. The van der Waals surface area contributed by atoms with Gasteiger partial charge in [0.2, 0.25) is 0 Å². The Bertz CT molecular complexity index is 22.0. The van der Waals surface area contributed by atoms with E-state index in [1.54, 1.807) is 0 Å². The minimum absolute atomic E-state index is 0. The van der Waals surface area contributed by atoms with Gasteiger partial charge in [-0.1, -0.05) is 38.5 Å². The molecule has 0 aliphatic heterocycles. The van der Waals surface area contributed by atoms with Gasteiger partial charge in [-0.15, -0.1) is 34.0 Å². The standard InChI is InChI=1S/C6H12.2BrH/c1-2-4-6-5-3-1;;/h1-6H2;2*1H. The third-order valence-corrected chi connectivity index (χ3v) is 1.50. The smallest absolute Gasteiger partial charge is 0.0533 e. The molecule has 0 heterocycles. The van der Waals surface area contributed by atoms with Crippen LogP contribution in [0.3, 0.4) is 0 Å². The van der Waals surface area contributed by atoms with E-state index < -0.39 is 0 Å². The van der Waals surface area contributed by atoms with E-state index in [4.69, 9.17) is 0 Å². The number of hydrogen-bond donors (Lipinski definition) is 0. The molecule has 0 aromatic heterocycles. The van der Waals surface area contributed by atoms with E-state index in [2.05, 4.69) is 0 Å². The second-order valence-corrected chi connectivity index (χ2v) is 2.12. The molecule has 0 atom stereocenters. The van der Waals surface area contributed by atoms with E-state index in [0.29, 0.717) is 0 Å². The molecular weight excluding hydrogens is 232 g/mol. The SMILES string of the molecule is Br.Br.C1CCCCC1. The van der Waals surface area contributed by atoms with Crippen LogP contribution < -0.4 is 0 Å². The van der Waals surface area contributed by atoms with Gasteiger partial charge in [-0.05, 0) is 0 Å². The van der Waals surface area contributed by atoms with Gasteiger partial charge < -0.3 is 0 Å². The zero-order valence-corrected chi connectivity index (χ0v) is 8.49. The molecule has 0 N–H and O–H groups in total. The summed E-state index contributed by atoms with van der Waals surface area (Å²) in [5.41, 5.74) is 0. The molecule has 1 fully saturated rings. The summed E-state index contributed by atoms with van der Waals surface area (Å²) in [4.78, 5) is 0. The van der Waals surface area contributed by atoms with Crippen molar-refractivity contribution < 1.29 is 0 Å². The lowest BCUT2D eigenvalue weighted by Gasteiger charge is -2.05. The van der Waals surface area contributed by atoms with E-state index in [9.17, 15) is 0 Å². The molecule has 0 nitrogen and oxygen atoms in total. The van der Waals surface area contributed by atoms with Crippen LogP contribution in [-0.2, 0) is 0 Å². The van der Waals surface area contributed by atoms with Gasteiger partial charge in [-0.25, -0.2) is 0 Å². The molecule has 1 aliphatic carbocycles. The molecule has 52 valence electrons. The van der Waals surface area contributed by atoms with Gasteiger partial charge in [-0.3, -0.25) is 0 Å². The van der Waals surface area contributed by atoms with Crippen molar-refractivity contribution in [2.75, 3.05) is 0 Å². The monoisotopic (exact) mass is 244 g/mol. The average Bonchev–Trinajstić information content (AvgIpc) is 1.72. The molecule has 0 spiro atoms. The first-order valence-electron chi connectivity index (χ1n) is 3.00. The van der Waals surface area contributed by atoms with Crippen molar-refractivity contribution in [3.63, 3.8) is 0 Å². The summed E-state index contributed by atoms with van der Waals surface area (Å²) in [5.74, 6) is 0. The highest BCUT2D eigenvalue weighted by Gasteiger charge is 1.95. The predicted octanol–water partition coefficient (Wildman–Crippen LogP) is 3.50. The van der Waals surface area contributed by atoms with E-state index in [0.717, 1.165) is 0 Å². The highest BCUT2D eigenvalue weighted by Crippen LogP contribution is 2.15. The van der Waals surface area contributed by atoms with Crippen molar-refractivity contribution in [3.8, 4) is 0 Å². The summed E-state index contributed by atoms with van der Waals surface area (Å²) in [5, 5.41) is 0. The van der Waals surface area contributed by atoms with Crippen LogP contribution in [0.15, 0.2) is 0 Å². The fourth-order valence-electron chi connectivity index (χ4n) is 1.06. The molecule has 0 aromatic carbocycles. The van der Waals surface area contributed by atoms with E-state index in [1.165, 1.54) is 38.5 Å². The van der Waals surface area contributed by atoms with Crippen molar-refractivity contribution in [1.29, 1.82) is 0 Å². The van der Waals surface area contributed by atoms with Crippen LogP contribution in [0, 0.1) is 0 Å². The Kier molecular flexibility index (Phi) is 11.7. The fraction of sp³-hybridized carbons (Fsp3) is 1.00. The molecule has 0 radical (unpaired) electrons. The Morgan fingerprint density at radius 1 is 0.375 bits per heavy atom. The quantitative estimate of drug-likeness (QED) is 0.613. The summed E-state index contributed by atoms with van der Waals surface area (Å²) >= 11 is 0. The highest BCUT2D eigenvalue weighted by molar-refractivity contribution is 8.93. The molecule has 0 amide bonds. The lowest BCUT2D eigenvalue weighted by atomic mass is 10.0. The molecule has 1 saturated carbocycles. The summed E-state index contributed by atoms with van der Waals surface area (Å²) in [6.07, 6.45) is 9.00. The molecule has 0 aromatic rings. The van der Waals surface area contributed by atoms with Crippen LogP contribution in [-0.4, -0.2) is 0 Å². The fourth-order valence-corrected chi connectivity index (χ4v) is 1.06. The maximum atomic E-state index is 1.50. The zero-order chi connectivity index (χ0) is 4.24. The molecule has 0 bridgehead atoms. The molecule has 1 aliphatic rings. The van der Waals surface area contributed by atoms with Gasteiger partial charge in [0.25, 0.3) is 0 Å². The number of rotatable bonds is 0. The molecule has 0 unspecified atom stereocenters. The maximum absolute atomic E-state index is 1.50. The first kappa shape index (κ1) is 11.7. The Morgan fingerprint density at radius 3 is 0.625 bits per heavy atom. The lowest BCUT2D eigenvalue weighted by molar-refractivity contribution is 0.504. The van der Waals surface area contributed by atoms with Crippen molar-refractivity contribution in [2.45, 2.75) is 38.5 Å². The Morgan fingerprint density at radius 2 is 0.500 bits per heavy atom. The molecule has 8 heavy (non-hydrogen) atoms. The Labute approximate surface area is 72.6 Å². The molecule has 0 saturated heterocycles. The van der Waals surface area contributed by atoms with Crippen LogP contribution in [0.5, 0.6) is 0 Å². The largest absolute Gasteiger partial charge is 0.114 e. The Hall–Kier alpha value is 0.960. The first-order valence-corrected chi connectivity index (χ1v) is 3.00. The van der Waals surface area contributed by atoms with Crippen LogP contribution in [0.1, 0.15) is 38.5 Å². The van der Waals surface area contributed by atoms with E-state index in [-0.39, 0.29) is 34.0 Å². The number of hydrogen-bond acceptors (Lipinski definition) is 0. The van der Waals surface area contributed by atoms with Crippen molar-refractivity contribution in [3.05, 3.63) is 0 Å². The summed E-state index contributed by atoms with van der Waals surface area (Å²) in [7, 11) is 0. The topological polar surface area (TPSA) is 0 Å². The van der Waals surface area contributed by atoms with Gasteiger partial charge in [-0.2, -0.15) is 0 Å². The average molecular weight is 246 g/mol. The predicted molar refractivity (Wildman–Crippen MR) is 48.3 cm³/mol. The summed E-state index contributed by atoms with van der Waals surface area (Å²) in [6.45, 7) is 0. The minimum Gasteiger partial charge on any atom is -0.114 e. The number of halogens is 2. The second-order valence-electron chi connectivity index (χ2n) is 2.12. The van der Waals surface area contributed by atoms with Gasteiger partial charge in [0, 0.05) is 0 Å². The Balaban J connectivity index is 0. The lowest BCUT2D eigenvalue weighted by Crippen LogP contribution is -1.85. The molecular formula is C6H14Br2. The van der Waals surface area contributed by atoms with Crippen molar-refractivity contribution in [1.82, 2.24) is 0 Å². The molecule has 1 rings (SSSR count). The van der Waals surface area contributed by atoms with Crippen molar-refractivity contribution in [2.24, 2.45) is 0 Å². The van der Waals surface area contributed by atoms with Gasteiger partial charge in [0.1, 0.15) is 0 Å². The maximum Gasteiger partial charge on any atom is -0.0533 e. The minimum atomic E-state index is 0. The normalized spacial score (nSPS) is 18.0. The molecule has 2 heteroatoms. The van der Waals surface area contributed by atoms with Crippen LogP contribution >= 0.6 is 34.0 Å². The van der Waals surface area contributed by atoms with Crippen LogP contribution in [0.2, 0.25) is 0 Å². The van der Waals surface area contributed by atoms with Gasteiger partial charge >= 0.3 is 0 Å². The van der Waals surface area contributed by atoms with E-state index >= 15 is 0 Å². The third kappa shape index (κ3) is 5.10. The van der Waals surface area contributed by atoms with Gasteiger partial charge in [0.05, 0.1) is 0 Å². The zero-order valence-electron chi connectivity index (χ0n) is 5.06. The highest BCUT2D eigenvalue weighted by atomic mass is 79.9.